The van der Waals surface area contributed by atoms with E-state index in [-0.39, 0.29) is 21.0 Å². The number of hydrogen-bond donors (Lipinski definition) is 3. The minimum atomic E-state index is -3.88. The smallest absolute Gasteiger partial charge is 0.269 e. The molecule has 3 aromatic carbocycles. The van der Waals surface area contributed by atoms with Gasteiger partial charge in [0.25, 0.3) is 21.8 Å². The lowest BCUT2D eigenvalue weighted by molar-refractivity contribution is -0.121. The van der Waals surface area contributed by atoms with Crippen molar-refractivity contribution in [2.75, 3.05) is 18.3 Å². The molecule has 0 aliphatic heterocycles. The quantitative estimate of drug-likeness (QED) is 0.342. The maximum absolute atomic E-state index is 12.6. The van der Waals surface area contributed by atoms with E-state index in [4.69, 9.17) is 0 Å². The Balaban J connectivity index is 1.55. The van der Waals surface area contributed by atoms with Crippen LogP contribution in [0.1, 0.15) is 15.9 Å². The summed E-state index contributed by atoms with van der Waals surface area (Å²) in [6, 6.07) is 17.8. The topological polar surface area (TPSA) is 142 Å². The van der Waals surface area contributed by atoms with Gasteiger partial charge in [0, 0.05) is 22.8 Å². The van der Waals surface area contributed by atoms with Crippen molar-refractivity contribution in [3.8, 4) is 0 Å². The van der Waals surface area contributed by atoms with Gasteiger partial charge in [-0.1, -0.05) is 33.6 Å². The van der Waals surface area contributed by atoms with Crippen molar-refractivity contribution in [1.29, 1.82) is 0 Å². The molecule has 190 valence electrons. The first kappa shape index (κ1) is 27.3. The summed E-state index contributed by atoms with van der Waals surface area (Å²) in [5.74, 6) is -1.42. The summed E-state index contributed by atoms with van der Waals surface area (Å²) < 4.78 is 54.1. The highest BCUT2D eigenvalue weighted by Crippen LogP contribution is 2.19. The molecule has 0 aromatic heterocycles. The maximum Gasteiger partial charge on any atom is 0.269 e. The number of rotatable bonds is 8. The summed E-state index contributed by atoms with van der Waals surface area (Å²) >= 11 is 3.25. The van der Waals surface area contributed by atoms with E-state index in [9.17, 15) is 26.4 Å². The Kier molecular flexibility index (Phi) is 8.51. The number of anilines is 1. The average Bonchev–Trinajstić information content (AvgIpc) is 2.83. The second-order valence-electron chi connectivity index (χ2n) is 7.71. The fourth-order valence-corrected chi connectivity index (χ4v) is 5.38. The molecule has 0 heterocycles. The van der Waals surface area contributed by atoms with Crippen molar-refractivity contribution < 1.29 is 26.4 Å². The molecule has 0 aliphatic carbocycles. The molecule has 3 rings (SSSR count). The van der Waals surface area contributed by atoms with Crippen molar-refractivity contribution in [3.63, 3.8) is 0 Å². The molecule has 0 saturated heterocycles. The Bertz CT molecular complexity index is 1460. The van der Waals surface area contributed by atoms with E-state index < -0.39 is 38.4 Å². The van der Waals surface area contributed by atoms with Crippen LogP contribution in [-0.2, 0) is 24.8 Å². The Morgan fingerprint density at radius 1 is 0.806 bits per heavy atom. The van der Waals surface area contributed by atoms with Crippen molar-refractivity contribution in [2.24, 2.45) is 0 Å². The molecular weight excluding hydrogens is 572 g/mol. The van der Waals surface area contributed by atoms with E-state index in [0.717, 1.165) is 14.3 Å². The van der Waals surface area contributed by atoms with Crippen LogP contribution in [0.3, 0.4) is 0 Å². The Morgan fingerprint density at radius 3 is 1.94 bits per heavy atom. The number of halogens is 1. The van der Waals surface area contributed by atoms with Crippen LogP contribution >= 0.6 is 15.9 Å². The standard InChI is InChI=1S/C23H23BrN4O6S2/c1-16-3-11-21(12-4-16)36(33,34)28(2)15-22(29)25-26-23(30)17-5-9-19(10-6-17)27-35(31,32)20-13-7-18(24)8-14-20/h3-14,27H,15H2,1-2H3,(H,25,29)(H,26,30). The van der Waals surface area contributed by atoms with Crippen molar-refractivity contribution >= 4 is 53.5 Å². The summed E-state index contributed by atoms with van der Waals surface area (Å²) in [5.41, 5.74) is 5.64. The second kappa shape index (κ2) is 11.2. The molecular formula is C23H23BrN4O6S2. The minimum absolute atomic E-state index is 0.0447. The zero-order chi connectivity index (χ0) is 26.5. The number of sulfonamides is 2. The Labute approximate surface area is 217 Å². The van der Waals surface area contributed by atoms with E-state index in [1.165, 1.54) is 55.6 Å². The van der Waals surface area contributed by atoms with E-state index in [0.29, 0.717) is 0 Å². The number of amides is 2. The molecule has 13 heteroatoms. The van der Waals surface area contributed by atoms with Crippen molar-refractivity contribution in [2.45, 2.75) is 16.7 Å². The van der Waals surface area contributed by atoms with Crippen LogP contribution in [0.2, 0.25) is 0 Å². The SMILES string of the molecule is Cc1ccc(S(=O)(=O)N(C)CC(=O)NNC(=O)c2ccc(NS(=O)(=O)c3ccc(Br)cc3)cc2)cc1. The van der Waals surface area contributed by atoms with Gasteiger partial charge in [-0.25, -0.2) is 16.8 Å². The number of carbonyl (C=O) groups is 2. The molecule has 36 heavy (non-hydrogen) atoms. The molecule has 10 nitrogen and oxygen atoms in total. The largest absolute Gasteiger partial charge is 0.280 e. The molecule has 0 saturated carbocycles. The summed E-state index contributed by atoms with van der Waals surface area (Å²) in [4.78, 5) is 24.6. The molecule has 0 radical (unpaired) electrons. The fraction of sp³-hybridized carbons (Fsp3) is 0.130. The van der Waals surface area contributed by atoms with Gasteiger partial charge < -0.3 is 0 Å². The summed E-state index contributed by atoms with van der Waals surface area (Å²) in [6.07, 6.45) is 0. The molecule has 0 aliphatic rings. The molecule has 3 N–H and O–H groups in total. The Hall–Kier alpha value is -3.26. The van der Waals surface area contributed by atoms with Gasteiger partial charge in [-0.2, -0.15) is 4.31 Å². The third-order valence-electron chi connectivity index (χ3n) is 4.93. The van der Waals surface area contributed by atoms with Crippen LogP contribution in [0.15, 0.2) is 87.1 Å². The number of nitrogens with zero attached hydrogens (tertiary/aromatic N) is 1. The first-order chi connectivity index (χ1) is 16.9. The van der Waals surface area contributed by atoms with Crippen molar-refractivity contribution in [3.05, 3.63) is 88.4 Å². The van der Waals surface area contributed by atoms with E-state index in [2.05, 4.69) is 31.5 Å². The zero-order valence-electron chi connectivity index (χ0n) is 19.2. The second-order valence-corrected chi connectivity index (χ2v) is 12.4. The van der Waals surface area contributed by atoms with E-state index >= 15 is 0 Å². The molecule has 2 amide bonds. The van der Waals surface area contributed by atoms with Crippen LogP contribution in [0, 0.1) is 6.92 Å². The van der Waals surface area contributed by atoms with E-state index in [1.54, 1.807) is 24.3 Å². The third-order valence-corrected chi connectivity index (χ3v) is 8.68. The first-order valence-electron chi connectivity index (χ1n) is 10.4. The van der Waals surface area contributed by atoms with Gasteiger partial charge in [0.2, 0.25) is 10.0 Å². The molecule has 0 bridgehead atoms. The number of benzene rings is 3. The highest BCUT2D eigenvalue weighted by Gasteiger charge is 2.23. The van der Waals surface area contributed by atoms with Crippen molar-refractivity contribution in [1.82, 2.24) is 15.2 Å². The highest BCUT2D eigenvalue weighted by atomic mass is 79.9. The summed E-state index contributed by atoms with van der Waals surface area (Å²) in [5, 5.41) is 0. The van der Waals surface area contributed by atoms with Crippen LogP contribution in [0.5, 0.6) is 0 Å². The first-order valence-corrected chi connectivity index (χ1v) is 14.1. The number of nitrogens with one attached hydrogen (secondary N) is 3. The van der Waals surface area contributed by atoms with Gasteiger partial charge in [0.15, 0.2) is 0 Å². The van der Waals surface area contributed by atoms with Crippen LogP contribution in [-0.4, -0.2) is 46.5 Å². The molecule has 0 unspecified atom stereocenters. The maximum atomic E-state index is 12.6. The molecule has 0 atom stereocenters. The number of likely N-dealkylation sites (N-methyl/N-ethyl adjacent to an activating group) is 1. The van der Waals surface area contributed by atoms with Crippen LogP contribution in [0.4, 0.5) is 5.69 Å². The number of hydrogen-bond acceptors (Lipinski definition) is 6. The zero-order valence-corrected chi connectivity index (χ0v) is 22.4. The highest BCUT2D eigenvalue weighted by molar-refractivity contribution is 9.10. The predicted molar refractivity (Wildman–Crippen MR) is 138 cm³/mol. The van der Waals surface area contributed by atoms with Crippen LogP contribution < -0.4 is 15.6 Å². The lowest BCUT2D eigenvalue weighted by atomic mass is 10.2. The van der Waals surface area contributed by atoms with Crippen LogP contribution in [0.25, 0.3) is 0 Å². The molecule has 0 spiro atoms. The monoisotopic (exact) mass is 594 g/mol. The third kappa shape index (κ3) is 6.91. The lowest BCUT2D eigenvalue weighted by Crippen LogP contribution is -2.46. The van der Waals surface area contributed by atoms with E-state index in [1.807, 2.05) is 6.92 Å². The number of carbonyl (C=O) groups excluding carboxylic acids is 2. The number of hydrazine groups is 1. The average molecular weight is 595 g/mol. The van der Waals surface area contributed by atoms with Gasteiger partial charge in [-0.15, -0.1) is 0 Å². The summed E-state index contributed by atoms with van der Waals surface area (Å²) in [7, 11) is -6.44. The van der Waals surface area contributed by atoms with Gasteiger partial charge in [-0.3, -0.25) is 25.2 Å². The normalized spacial score (nSPS) is 11.7. The Morgan fingerprint density at radius 2 is 1.36 bits per heavy atom. The summed E-state index contributed by atoms with van der Waals surface area (Å²) in [6.45, 7) is 1.31. The van der Waals surface area contributed by atoms with Gasteiger partial charge in [-0.05, 0) is 67.6 Å². The molecule has 3 aromatic rings. The van der Waals surface area contributed by atoms with Gasteiger partial charge in [0.05, 0.1) is 16.3 Å². The van der Waals surface area contributed by atoms with Gasteiger partial charge >= 0.3 is 0 Å². The van der Waals surface area contributed by atoms with Gasteiger partial charge in [0.1, 0.15) is 0 Å². The minimum Gasteiger partial charge on any atom is -0.280 e. The molecule has 0 fully saturated rings. The predicted octanol–water partition coefficient (Wildman–Crippen LogP) is 2.64. The number of aryl methyl sites for hydroxylation is 1. The lowest BCUT2D eigenvalue weighted by Gasteiger charge is -2.17. The fourth-order valence-electron chi connectivity index (χ4n) is 2.93.